The Morgan fingerprint density at radius 2 is 2.14 bits per heavy atom. The van der Waals surface area contributed by atoms with Gasteiger partial charge in [0.2, 0.25) is 0 Å². The smallest absolute Gasteiger partial charge is 0.313 e. The van der Waals surface area contributed by atoms with Gasteiger partial charge in [-0.05, 0) is 43.7 Å². The lowest BCUT2D eigenvalue weighted by atomic mass is 10.0. The van der Waals surface area contributed by atoms with Gasteiger partial charge >= 0.3 is 5.69 Å². The number of nitrogens with zero attached hydrogens (tertiary/aromatic N) is 2. The van der Waals surface area contributed by atoms with Gasteiger partial charge in [0.1, 0.15) is 5.69 Å². The van der Waals surface area contributed by atoms with Gasteiger partial charge in [0.25, 0.3) is 5.56 Å². The average Bonchev–Trinajstić information content (AvgIpc) is 3.20. The summed E-state index contributed by atoms with van der Waals surface area (Å²) in [4.78, 5) is 27.6. The largest absolute Gasteiger partial charge is 0.325 e. The molecule has 1 aliphatic rings. The molecule has 2 aromatic rings. The van der Waals surface area contributed by atoms with E-state index in [1.165, 1.54) is 11.8 Å². The number of nitrogens with one attached hydrogen (secondary N) is 2. The molecule has 0 spiro atoms. The average molecular weight is 284 g/mol. The third-order valence-electron chi connectivity index (χ3n) is 3.94. The van der Waals surface area contributed by atoms with Crippen LogP contribution >= 0.6 is 0 Å². The van der Waals surface area contributed by atoms with Gasteiger partial charge in [-0.3, -0.25) is 9.78 Å². The number of H-pyrrole nitrogens is 2. The molecule has 0 aliphatic heterocycles. The van der Waals surface area contributed by atoms with E-state index in [1.54, 1.807) is 0 Å². The highest BCUT2D eigenvalue weighted by Gasteiger charge is 2.40. The molecular weight excluding hydrogens is 268 g/mol. The van der Waals surface area contributed by atoms with Crippen LogP contribution in [0.1, 0.15) is 30.5 Å². The van der Waals surface area contributed by atoms with E-state index < -0.39 is 11.2 Å². The molecule has 0 bridgehead atoms. The predicted molar refractivity (Wildman–Crippen MR) is 79.1 cm³/mol. The van der Waals surface area contributed by atoms with Gasteiger partial charge in [-0.1, -0.05) is 12.2 Å². The fourth-order valence-electron chi connectivity index (χ4n) is 2.66. The van der Waals surface area contributed by atoms with Gasteiger partial charge < -0.3 is 4.98 Å². The van der Waals surface area contributed by atoms with E-state index in [9.17, 15) is 9.59 Å². The minimum Gasteiger partial charge on any atom is -0.313 e. The van der Waals surface area contributed by atoms with Crippen LogP contribution in [0.25, 0.3) is 11.3 Å². The van der Waals surface area contributed by atoms with Crippen LogP contribution < -0.4 is 11.2 Å². The molecule has 0 saturated heterocycles. The Bertz CT molecular complexity index is 834. The number of aromatic amines is 2. The molecule has 2 heterocycles. The summed E-state index contributed by atoms with van der Waals surface area (Å²) in [6.45, 7) is 7.94. The zero-order valence-electron chi connectivity index (χ0n) is 11.9. The van der Waals surface area contributed by atoms with Crippen LogP contribution in [0.3, 0.4) is 0 Å². The topological polar surface area (TPSA) is 91.5 Å². The molecule has 1 aliphatic carbocycles. The lowest BCUT2D eigenvalue weighted by molar-refractivity contribution is 0.887. The first kappa shape index (κ1) is 13.5. The Morgan fingerprint density at radius 3 is 2.76 bits per heavy atom. The monoisotopic (exact) mass is 284 g/mol. The normalized spacial score (nSPS) is 20.3. The maximum absolute atomic E-state index is 11.8. The molecule has 3 rings (SSSR count). The molecule has 2 atom stereocenters. The van der Waals surface area contributed by atoms with Crippen LogP contribution in [-0.2, 0) is 0 Å². The second-order valence-electron chi connectivity index (χ2n) is 5.55. The van der Waals surface area contributed by atoms with E-state index >= 15 is 0 Å². The van der Waals surface area contributed by atoms with Crippen molar-refractivity contribution in [2.75, 3.05) is 0 Å². The van der Waals surface area contributed by atoms with Crippen LogP contribution in [0, 0.1) is 12.8 Å². The zero-order valence-corrected chi connectivity index (χ0v) is 11.9. The highest BCUT2D eigenvalue weighted by atomic mass is 16.2. The Hall–Kier alpha value is -2.50. The van der Waals surface area contributed by atoms with Crippen LogP contribution in [0.4, 0.5) is 0 Å². The Morgan fingerprint density at radius 1 is 1.38 bits per heavy atom. The van der Waals surface area contributed by atoms with Crippen molar-refractivity contribution in [2.24, 2.45) is 5.92 Å². The number of aryl methyl sites for hydroxylation is 1. The number of rotatable bonds is 3. The first-order valence-electron chi connectivity index (χ1n) is 6.79. The molecular formula is C15H16N4O2. The van der Waals surface area contributed by atoms with Gasteiger partial charge in [-0.25, -0.2) is 4.79 Å². The minimum atomic E-state index is -0.534. The first-order chi connectivity index (χ1) is 9.97. The van der Waals surface area contributed by atoms with Crippen molar-refractivity contribution in [2.45, 2.75) is 26.2 Å². The number of hydrogen-bond acceptors (Lipinski definition) is 4. The van der Waals surface area contributed by atoms with Crippen LogP contribution in [0.5, 0.6) is 0 Å². The van der Waals surface area contributed by atoms with Gasteiger partial charge in [0.05, 0.1) is 11.3 Å². The second kappa shape index (κ2) is 4.80. The molecule has 0 aromatic carbocycles. The number of hydrogen-bond donors (Lipinski definition) is 2. The Balaban J connectivity index is 2.04. The van der Waals surface area contributed by atoms with Crippen molar-refractivity contribution in [3.63, 3.8) is 0 Å². The van der Waals surface area contributed by atoms with Crippen LogP contribution in [0.2, 0.25) is 0 Å². The molecule has 1 fully saturated rings. The summed E-state index contributed by atoms with van der Waals surface area (Å²) in [5, 5.41) is 8.21. The predicted octanol–water partition coefficient (Wildman–Crippen LogP) is 1.51. The third-order valence-corrected chi connectivity index (χ3v) is 3.94. The van der Waals surface area contributed by atoms with Gasteiger partial charge in [-0.2, -0.15) is 5.10 Å². The Kier molecular flexibility index (Phi) is 3.08. The maximum Gasteiger partial charge on any atom is 0.325 e. The molecule has 6 nitrogen and oxygen atoms in total. The molecule has 108 valence electrons. The highest BCUT2D eigenvalue weighted by molar-refractivity contribution is 5.57. The van der Waals surface area contributed by atoms with Crippen molar-refractivity contribution in [1.29, 1.82) is 0 Å². The first-order valence-corrected chi connectivity index (χ1v) is 6.79. The zero-order chi connectivity index (χ0) is 15.1. The quantitative estimate of drug-likeness (QED) is 0.836. The summed E-state index contributed by atoms with van der Waals surface area (Å²) < 4.78 is 0. The van der Waals surface area contributed by atoms with Gasteiger partial charge in [0, 0.05) is 6.20 Å². The van der Waals surface area contributed by atoms with E-state index in [1.807, 2.05) is 19.9 Å². The minimum absolute atomic E-state index is 0.316. The summed E-state index contributed by atoms with van der Waals surface area (Å²) in [5.74, 6) is 0.883. The van der Waals surface area contributed by atoms with E-state index in [4.69, 9.17) is 0 Å². The number of aromatic nitrogens is 4. The summed E-state index contributed by atoms with van der Waals surface area (Å²) in [6.07, 6.45) is 2.43. The van der Waals surface area contributed by atoms with Crippen molar-refractivity contribution in [3.05, 3.63) is 56.5 Å². The fraction of sp³-hybridized carbons (Fsp3) is 0.333. The lowest BCUT2D eigenvalue weighted by Crippen LogP contribution is -2.23. The molecule has 6 heteroatoms. The summed E-state index contributed by atoms with van der Waals surface area (Å²) >= 11 is 0. The van der Waals surface area contributed by atoms with Gasteiger partial charge in [0.15, 0.2) is 0 Å². The maximum atomic E-state index is 11.8. The van der Waals surface area contributed by atoms with E-state index in [-0.39, 0.29) is 0 Å². The summed E-state index contributed by atoms with van der Waals surface area (Å²) in [6, 6.07) is 1.89. The fourth-order valence-corrected chi connectivity index (χ4v) is 2.66. The third kappa shape index (κ3) is 2.44. The molecule has 1 saturated carbocycles. The molecule has 0 amide bonds. The molecule has 0 radical (unpaired) electrons. The van der Waals surface area contributed by atoms with E-state index in [0.717, 1.165) is 17.7 Å². The lowest BCUT2D eigenvalue weighted by Gasteiger charge is -2.06. The summed E-state index contributed by atoms with van der Waals surface area (Å²) in [5.41, 5.74) is 2.92. The Labute approximate surface area is 121 Å². The van der Waals surface area contributed by atoms with Gasteiger partial charge in [-0.15, -0.1) is 5.10 Å². The van der Waals surface area contributed by atoms with Crippen LogP contribution in [0.15, 0.2) is 34.0 Å². The second-order valence-corrected chi connectivity index (χ2v) is 5.55. The standard InChI is InChI=1S/C15H16N4O2/c1-7(2)9-4-11(9)10-5-13(19-18-8(10)3)12-6-16-15(21)17-14(12)20/h5-6,9,11H,1,4H2,2-3H3,(H2,16,17,20,21)/t9-,11+/m1/s1. The van der Waals surface area contributed by atoms with Crippen molar-refractivity contribution in [3.8, 4) is 11.3 Å². The van der Waals surface area contributed by atoms with E-state index in [2.05, 4.69) is 26.7 Å². The van der Waals surface area contributed by atoms with Crippen molar-refractivity contribution in [1.82, 2.24) is 20.2 Å². The molecule has 2 N–H and O–H groups in total. The van der Waals surface area contributed by atoms with E-state index in [0.29, 0.717) is 23.1 Å². The summed E-state index contributed by atoms with van der Waals surface area (Å²) in [7, 11) is 0. The SMILES string of the molecule is C=C(C)[C@H]1C[C@@H]1c1cc(-c2c[nH]c(=O)[nH]c2=O)nnc1C. The molecule has 2 aromatic heterocycles. The highest BCUT2D eigenvalue weighted by Crippen LogP contribution is 2.52. The van der Waals surface area contributed by atoms with Crippen molar-refractivity contribution >= 4 is 0 Å². The van der Waals surface area contributed by atoms with Crippen LogP contribution in [-0.4, -0.2) is 20.2 Å². The molecule has 0 unspecified atom stereocenters. The molecule has 21 heavy (non-hydrogen) atoms. The van der Waals surface area contributed by atoms with Crippen molar-refractivity contribution < 1.29 is 0 Å². The number of allylic oxidation sites excluding steroid dienone is 1.